The van der Waals surface area contributed by atoms with Gasteiger partial charge in [0.05, 0.1) is 12.4 Å². The lowest BCUT2D eigenvalue weighted by atomic mass is 10.1. The lowest BCUT2D eigenvalue weighted by Gasteiger charge is -2.32. The van der Waals surface area contributed by atoms with E-state index >= 15 is 0 Å². The Kier molecular flexibility index (Phi) is 3.43. The van der Waals surface area contributed by atoms with Crippen LogP contribution in [-0.2, 0) is 0 Å². The molecule has 1 aliphatic carbocycles. The van der Waals surface area contributed by atoms with Crippen LogP contribution in [0.2, 0.25) is 0 Å². The maximum absolute atomic E-state index is 11.7. The normalized spacial score (nSPS) is 22.9. The van der Waals surface area contributed by atoms with Crippen molar-refractivity contribution in [2.24, 2.45) is 0 Å². The number of rotatable bonds is 3. The lowest BCUT2D eigenvalue weighted by Crippen LogP contribution is -2.51. The number of anilines is 1. The fraction of sp³-hybridized carbons (Fsp3) is 0.667. The van der Waals surface area contributed by atoms with Crippen molar-refractivity contribution in [3.63, 3.8) is 0 Å². The van der Waals surface area contributed by atoms with Crippen molar-refractivity contribution in [1.82, 2.24) is 25.8 Å². The number of hydrogen-bond acceptors (Lipinski definition) is 5. The zero-order valence-electron chi connectivity index (χ0n) is 10.7. The number of hydrogen-bond donors (Lipinski definition) is 2. The topological polar surface area (TPSA) is 83.0 Å². The largest absolute Gasteiger partial charge is 0.337 e. The number of carbonyl (C=O) groups is 1. The highest BCUT2D eigenvalue weighted by Gasteiger charge is 2.26. The molecular formula is C12H18N6O. The summed E-state index contributed by atoms with van der Waals surface area (Å²) in [5.74, 6) is 0.636. The molecule has 0 spiro atoms. The van der Waals surface area contributed by atoms with Crippen molar-refractivity contribution >= 4 is 12.0 Å². The van der Waals surface area contributed by atoms with Crippen LogP contribution < -0.4 is 15.5 Å². The van der Waals surface area contributed by atoms with Gasteiger partial charge in [-0.1, -0.05) is 0 Å². The van der Waals surface area contributed by atoms with Crippen LogP contribution in [0.25, 0.3) is 0 Å². The van der Waals surface area contributed by atoms with Crippen molar-refractivity contribution in [2.45, 2.75) is 37.8 Å². The number of aromatic nitrogens is 3. The number of nitrogens with zero attached hydrogens (tertiary/aromatic N) is 4. The van der Waals surface area contributed by atoms with Crippen molar-refractivity contribution in [1.29, 1.82) is 0 Å². The van der Waals surface area contributed by atoms with Crippen LogP contribution in [0.5, 0.6) is 0 Å². The summed E-state index contributed by atoms with van der Waals surface area (Å²) in [6.45, 7) is 1.65. The Hall–Kier alpha value is -1.92. The quantitative estimate of drug-likeness (QED) is 0.818. The molecule has 1 atom stereocenters. The molecular weight excluding hydrogens is 244 g/mol. The smallest absolute Gasteiger partial charge is 0.315 e. The molecule has 0 aromatic carbocycles. The van der Waals surface area contributed by atoms with E-state index in [2.05, 4.69) is 30.7 Å². The average Bonchev–Trinajstić information content (AvgIpc) is 3.24. The number of piperidine rings is 1. The molecule has 1 saturated carbocycles. The van der Waals surface area contributed by atoms with Gasteiger partial charge in [-0.2, -0.15) is 5.10 Å². The van der Waals surface area contributed by atoms with Crippen LogP contribution in [-0.4, -0.2) is 46.4 Å². The van der Waals surface area contributed by atoms with E-state index in [9.17, 15) is 4.79 Å². The Morgan fingerprint density at radius 2 is 2.05 bits per heavy atom. The summed E-state index contributed by atoms with van der Waals surface area (Å²) in [6, 6.07) is 0.485. The summed E-state index contributed by atoms with van der Waals surface area (Å²) < 4.78 is 0. The van der Waals surface area contributed by atoms with E-state index < -0.39 is 0 Å². The van der Waals surface area contributed by atoms with Crippen LogP contribution >= 0.6 is 0 Å². The number of carbonyl (C=O) groups excluding carboxylic acids is 1. The molecule has 0 bridgehead atoms. The van der Waals surface area contributed by atoms with E-state index in [1.807, 2.05) is 0 Å². The molecule has 7 nitrogen and oxygen atoms in total. The maximum atomic E-state index is 11.7. The minimum absolute atomic E-state index is 0.0542. The predicted molar refractivity (Wildman–Crippen MR) is 69.8 cm³/mol. The molecule has 1 aliphatic heterocycles. The summed E-state index contributed by atoms with van der Waals surface area (Å²) in [7, 11) is 0. The van der Waals surface area contributed by atoms with Crippen LogP contribution in [0.4, 0.5) is 10.7 Å². The zero-order valence-corrected chi connectivity index (χ0v) is 10.7. The number of amides is 2. The maximum Gasteiger partial charge on any atom is 0.315 e. The van der Waals surface area contributed by atoms with E-state index in [-0.39, 0.29) is 12.1 Å². The summed E-state index contributed by atoms with van der Waals surface area (Å²) in [6.07, 6.45) is 7.42. The van der Waals surface area contributed by atoms with E-state index in [1.54, 1.807) is 12.4 Å². The van der Waals surface area contributed by atoms with Crippen molar-refractivity contribution in [3.8, 4) is 0 Å². The van der Waals surface area contributed by atoms with Gasteiger partial charge in [0.1, 0.15) is 0 Å². The number of urea groups is 1. The van der Waals surface area contributed by atoms with Gasteiger partial charge in [0.2, 0.25) is 5.95 Å². The van der Waals surface area contributed by atoms with E-state index in [1.165, 1.54) is 0 Å². The van der Waals surface area contributed by atoms with Gasteiger partial charge in [-0.3, -0.25) is 0 Å². The van der Waals surface area contributed by atoms with Gasteiger partial charge in [-0.05, 0) is 25.7 Å². The monoisotopic (exact) mass is 262 g/mol. The van der Waals surface area contributed by atoms with Gasteiger partial charge in [0.15, 0.2) is 0 Å². The molecule has 2 heterocycles. The van der Waals surface area contributed by atoms with Gasteiger partial charge in [-0.15, -0.1) is 5.10 Å². The minimum Gasteiger partial charge on any atom is -0.337 e. The third-order valence-electron chi connectivity index (χ3n) is 3.42. The standard InChI is InChI=1S/C12H18N6O/c19-12(15-9-3-4-9)16-10-2-1-7-18(8-10)11-13-5-6-14-17-11/h5-6,9-10H,1-4,7-8H2,(H2,15,16,19)/t10-/m1/s1. The highest BCUT2D eigenvalue weighted by Crippen LogP contribution is 2.19. The summed E-state index contributed by atoms with van der Waals surface area (Å²) in [5, 5.41) is 13.8. The second-order valence-electron chi connectivity index (χ2n) is 5.12. The van der Waals surface area contributed by atoms with Crippen LogP contribution in [0.15, 0.2) is 12.4 Å². The Morgan fingerprint density at radius 3 is 2.79 bits per heavy atom. The van der Waals surface area contributed by atoms with E-state index in [0.29, 0.717) is 12.0 Å². The average molecular weight is 262 g/mol. The first-order valence-corrected chi connectivity index (χ1v) is 6.77. The van der Waals surface area contributed by atoms with Crippen LogP contribution in [0.3, 0.4) is 0 Å². The molecule has 3 rings (SSSR count). The lowest BCUT2D eigenvalue weighted by molar-refractivity contribution is 0.234. The third-order valence-corrected chi connectivity index (χ3v) is 3.42. The molecule has 0 unspecified atom stereocenters. The summed E-state index contributed by atoms with van der Waals surface area (Å²) in [5.41, 5.74) is 0. The third kappa shape index (κ3) is 3.30. The van der Waals surface area contributed by atoms with Crippen molar-refractivity contribution in [3.05, 3.63) is 12.4 Å². The van der Waals surface area contributed by atoms with Gasteiger partial charge in [0.25, 0.3) is 0 Å². The van der Waals surface area contributed by atoms with Crippen molar-refractivity contribution in [2.75, 3.05) is 18.0 Å². The van der Waals surface area contributed by atoms with Gasteiger partial charge in [0, 0.05) is 25.2 Å². The molecule has 19 heavy (non-hydrogen) atoms. The Labute approximate surface area is 111 Å². The molecule has 2 aliphatic rings. The summed E-state index contributed by atoms with van der Waals surface area (Å²) >= 11 is 0. The molecule has 7 heteroatoms. The SMILES string of the molecule is O=C(NC1CC1)N[C@@H]1CCCN(c2nccnn2)C1. The molecule has 2 N–H and O–H groups in total. The Morgan fingerprint density at radius 1 is 1.21 bits per heavy atom. The fourth-order valence-electron chi connectivity index (χ4n) is 2.30. The second kappa shape index (κ2) is 5.38. The predicted octanol–water partition coefficient (Wildman–Crippen LogP) is 0.302. The first kappa shape index (κ1) is 12.1. The van der Waals surface area contributed by atoms with E-state index in [0.717, 1.165) is 38.8 Å². The van der Waals surface area contributed by atoms with Crippen LogP contribution in [0, 0.1) is 0 Å². The molecule has 1 aromatic heterocycles. The first-order valence-electron chi connectivity index (χ1n) is 6.77. The van der Waals surface area contributed by atoms with Gasteiger partial charge in [-0.25, -0.2) is 9.78 Å². The highest BCUT2D eigenvalue weighted by atomic mass is 16.2. The molecule has 2 amide bonds. The molecule has 1 aromatic rings. The Bertz CT molecular complexity index is 435. The zero-order chi connectivity index (χ0) is 13.1. The first-order chi connectivity index (χ1) is 9.31. The molecule has 1 saturated heterocycles. The second-order valence-corrected chi connectivity index (χ2v) is 5.12. The minimum atomic E-state index is -0.0542. The van der Waals surface area contributed by atoms with Gasteiger partial charge < -0.3 is 15.5 Å². The number of nitrogens with one attached hydrogen (secondary N) is 2. The Balaban J connectivity index is 1.54. The van der Waals surface area contributed by atoms with Crippen LogP contribution in [0.1, 0.15) is 25.7 Å². The highest BCUT2D eigenvalue weighted by molar-refractivity contribution is 5.75. The molecule has 0 radical (unpaired) electrons. The van der Waals surface area contributed by atoms with Crippen molar-refractivity contribution < 1.29 is 4.79 Å². The molecule has 102 valence electrons. The fourth-order valence-corrected chi connectivity index (χ4v) is 2.30. The van der Waals surface area contributed by atoms with E-state index in [4.69, 9.17) is 0 Å². The summed E-state index contributed by atoms with van der Waals surface area (Å²) in [4.78, 5) is 18.0. The molecule has 2 fully saturated rings. The van der Waals surface area contributed by atoms with Gasteiger partial charge >= 0.3 is 6.03 Å².